The number of phenols is 1. The number of hydrogen-bond donors (Lipinski definition) is 1. The summed E-state index contributed by atoms with van der Waals surface area (Å²) in [7, 11) is 0. The number of benzene rings is 3. The molecule has 0 spiro atoms. The molecule has 31 heavy (non-hydrogen) atoms. The maximum absolute atomic E-state index is 10.3. The summed E-state index contributed by atoms with van der Waals surface area (Å²) in [5.41, 5.74) is 4.14. The molecule has 0 aliphatic heterocycles. The van der Waals surface area contributed by atoms with Gasteiger partial charge in [-0.1, -0.05) is 76.6 Å². The van der Waals surface area contributed by atoms with Crippen LogP contribution >= 0.6 is 31.9 Å². The summed E-state index contributed by atoms with van der Waals surface area (Å²) in [5.74, 6) is 0.516. The fourth-order valence-corrected chi connectivity index (χ4v) is 4.24. The van der Waals surface area contributed by atoms with E-state index in [4.69, 9.17) is 5.10 Å². The average Bonchev–Trinajstić information content (AvgIpc) is 3.19. The Hall–Kier alpha value is -3.03. The largest absolute Gasteiger partial charge is 0.506 e. The molecule has 0 saturated carbocycles. The fourth-order valence-electron chi connectivity index (χ4n) is 2.98. The maximum atomic E-state index is 10.3. The van der Waals surface area contributed by atoms with Crippen molar-refractivity contribution in [1.82, 2.24) is 9.66 Å². The molecule has 0 radical (unpaired) electrons. The molecule has 0 aliphatic carbocycles. The Balaban J connectivity index is 1.78. The van der Waals surface area contributed by atoms with Crippen LogP contribution in [0.2, 0.25) is 0 Å². The van der Waals surface area contributed by atoms with E-state index in [-0.39, 0.29) is 5.75 Å². The molecule has 0 amide bonds. The molecule has 154 valence electrons. The predicted molar refractivity (Wildman–Crippen MR) is 132 cm³/mol. The number of aliphatic imine (C=N–C) groups is 1. The Morgan fingerprint density at radius 3 is 2.39 bits per heavy atom. The van der Waals surface area contributed by atoms with Crippen molar-refractivity contribution in [3.05, 3.63) is 99.1 Å². The number of rotatable bonds is 5. The first-order valence-electron chi connectivity index (χ1n) is 9.49. The third-order valence-electron chi connectivity index (χ3n) is 4.57. The first kappa shape index (κ1) is 21.2. The first-order chi connectivity index (χ1) is 15.0. The van der Waals surface area contributed by atoms with Crippen LogP contribution in [-0.4, -0.2) is 26.7 Å². The van der Waals surface area contributed by atoms with E-state index in [0.717, 1.165) is 27.0 Å². The minimum absolute atomic E-state index is 0.109. The first-order valence-corrected chi connectivity index (χ1v) is 11.1. The second kappa shape index (κ2) is 9.41. The highest BCUT2D eigenvalue weighted by molar-refractivity contribution is 9.11. The highest BCUT2D eigenvalue weighted by Crippen LogP contribution is 2.31. The lowest BCUT2D eigenvalue weighted by Gasteiger charge is -2.04. The summed E-state index contributed by atoms with van der Waals surface area (Å²) >= 11 is 6.78. The van der Waals surface area contributed by atoms with Crippen molar-refractivity contribution >= 4 is 49.7 Å². The third kappa shape index (κ3) is 5.00. The van der Waals surface area contributed by atoms with E-state index in [1.54, 1.807) is 23.0 Å². The zero-order valence-electron chi connectivity index (χ0n) is 16.6. The molecule has 5 nitrogen and oxygen atoms in total. The lowest BCUT2D eigenvalue weighted by Crippen LogP contribution is -1.98. The van der Waals surface area contributed by atoms with E-state index in [1.165, 1.54) is 0 Å². The minimum atomic E-state index is 0.109. The second-order valence-electron chi connectivity index (χ2n) is 6.77. The van der Waals surface area contributed by atoms with Gasteiger partial charge < -0.3 is 5.11 Å². The molecule has 4 aromatic rings. The van der Waals surface area contributed by atoms with Crippen molar-refractivity contribution in [1.29, 1.82) is 0 Å². The van der Waals surface area contributed by atoms with Crippen molar-refractivity contribution in [2.24, 2.45) is 10.1 Å². The van der Waals surface area contributed by atoms with E-state index in [9.17, 15) is 5.11 Å². The van der Waals surface area contributed by atoms with Crippen molar-refractivity contribution in [3.63, 3.8) is 0 Å². The topological polar surface area (TPSA) is 62.8 Å². The lowest BCUT2D eigenvalue weighted by atomic mass is 10.1. The maximum Gasteiger partial charge on any atom is 0.251 e. The van der Waals surface area contributed by atoms with Crippen molar-refractivity contribution in [2.75, 3.05) is 0 Å². The molecule has 0 saturated heterocycles. The van der Waals surface area contributed by atoms with Gasteiger partial charge in [-0.2, -0.15) is 5.10 Å². The van der Waals surface area contributed by atoms with E-state index >= 15 is 0 Å². The molecule has 4 rings (SSSR count). The fraction of sp³-hybridized carbons (Fsp3) is 0.0417. The molecule has 0 atom stereocenters. The molecule has 0 aliphatic rings. The normalized spacial score (nSPS) is 11.9. The van der Waals surface area contributed by atoms with E-state index in [1.807, 2.05) is 73.8 Å². The number of nitrogens with zero attached hydrogens (tertiary/aromatic N) is 4. The Bertz CT molecular complexity index is 1270. The van der Waals surface area contributed by atoms with Crippen molar-refractivity contribution < 1.29 is 5.11 Å². The van der Waals surface area contributed by atoms with Gasteiger partial charge >= 0.3 is 0 Å². The van der Waals surface area contributed by atoms with Crippen LogP contribution in [0.1, 0.15) is 18.1 Å². The van der Waals surface area contributed by atoms with Crippen LogP contribution in [-0.2, 0) is 0 Å². The van der Waals surface area contributed by atoms with Crippen LogP contribution in [0.4, 0.5) is 5.95 Å². The highest BCUT2D eigenvalue weighted by Gasteiger charge is 2.11. The Labute approximate surface area is 197 Å². The SMILES string of the molecule is CC(=Nn1cc(-c2ccccc2)nc1/N=C/c1cc(Br)cc(Br)c1O)c1ccccc1. The zero-order chi connectivity index (χ0) is 21.8. The summed E-state index contributed by atoms with van der Waals surface area (Å²) in [4.78, 5) is 9.20. The van der Waals surface area contributed by atoms with E-state index in [0.29, 0.717) is 16.0 Å². The Kier molecular flexibility index (Phi) is 6.44. The third-order valence-corrected chi connectivity index (χ3v) is 5.63. The Morgan fingerprint density at radius 2 is 1.68 bits per heavy atom. The van der Waals surface area contributed by atoms with Gasteiger partial charge in [0, 0.05) is 21.8 Å². The van der Waals surface area contributed by atoms with Crippen LogP contribution in [0.15, 0.2) is 98.0 Å². The molecule has 1 heterocycles. The summed E-state index contributed by atoms with van der Waals surface area (Å²) in [6.45, 7) is 1.95. The number of aromatic hydroxyl groups is 1. The molecule has 0 unspecified atom stereocenters. The van der Waals surface area contributed by atoms with Gasteiger partial charge in [0.05, 0.1) is 22.1 Å². The minimum Gasteiger partial charge on any atom is -0.506 e. The van der Waals surface area contributed by atoms with Gasteiger partial charge in [-0.3, -0.25) is 0 Å². The highest BCUT2D eigenvalue weighted by atomic mass is 79.9. The van der Waals surface area contributed by atoms with Crippen LogP contribution < -0.4 is 0 Å². The van der Waals surface area contributed by atoms with Gasteiger partial charge in [-0.25, -0.2) is 14.7 Å². The van der Waals surface area contributed by atoms with E-state index in [2.05, 4.69) is 41.8 Å². The number of aromatic nitrogens is 2. The molecule has 1 aromatic heterocycles. The summed E-state index contributed by atoms with van der Waals surface area (Å²) in [6.07, 6.45) is 3.43. The monoisotopic (exact) mass is 536 g/mol. The molecule has 0 bridgehead atoms. The average molecular weight is 538 g/mol. The quantitative estimate of drug-likeness (QED) is 0.284. The second-order valence-corrected chi connectivity index (χ2v) is 8.54. The number of halogens is 2. The summed E-state index contributed by atoms with van der Waals surface area (Å²) in [6, 6.07) is 23.4. The van der Waals surface area contributed by atoms with Gasteiger partial charge in [-0.05, 0) is 40.5 Å². The van der Waals surface area contributed by atoms with Crippen LogP contribution in [0, 0.1) is 0 Å². The van der Waals surface area contributed by atoms with Crippen molar-refractivity contribution in [3.8, 4) is 17.0 Å². The number of hydrogen-bond acceptors (Lipinski definition) is 4. The zero-order valence-corrected chi connectivity index (χ0v) is 19.7. The molecule has 3 aromatic carbocycles. The summed E-state index contributed by atoms with van der Waals surface area (Å²) < 4.78 is 3.06. The van der Waals surface area contributed by atoms with Crippen molar-refractivity contribution in [2.45, 2.75) is 6.92 Å². The Morgan fingerprint density at radius 1 is 1.00 bits per heavy atom. The van der Waals surface area contributed by atoms with Crippen LogP contribution in [0.25, 0.3) is 11.3 Å². The van der Waals surface area contributed by atoms with Gasteiger partial charge in [0.15, 0.2) is 0 Å². The van der Waals surface area contributed by atoms with Crippen LogP contribution in [0.5, 0.6) is 5.75 Å². The predicted octanol–water partition coefficient (Wildman–Crippen LogP) is 6.80. The van der Waals surface area contributed by atoms with Gasteiger partial charge in [-0.15, -0.1) is 0 Å². The number of phenolic OH excluding ortho intramolecular Hbond substituents is 1. The van der Waals surface area contributed by atoms with Gasteiger partial charge in [0.2, 0.25) is 0 Å². The van der Waals surface area contributed by atoms with E-state index < -0.39 is 0 Å². The lowest BCUT2D eigenvalue weighted by molar-refractivity contribution is 0.471. The molecule has 0 fully saturated rings. The smallest absolute Gasteiger partial charge is 0.251 e. The standard InChI is InChI=1S/C24H18Br2N4O/c1-16(17-8-4-2-5-9-17)29-30-15-22(18-10-6-3-7-11-18)28-24(30)27-14-19-12-20(25)13-21(26)23(19)31/h2-15,31H,1H3/b27-14+,29-16?. The molecular formula is C24H18Br2N4O. The summed E-state index contributed by atoms with van der Waals surface area (Å²) in [5, 5.41) is 15.1. The molecular weight excluding hydrogens is 520 g/mol. The number of imidazole rings is 1. The van der Waals surface area contributed by atoms with Gasteiger partial charge in [0.25, 0.3) is 5.95 Å². The molecule has 7 heteroatoms. The molecule has 1 N–H and O–H groups in total. The van der Waals surface area contributed by atoms with Crippen LogP contribution in [0.3, 0.4) is 0 Å². The van der Waals surface area contributed by atoms with Gasteiger partial charge in [0.1, 0.15) is 5.75 Å².